The van der Waals surface area contributed by atoms with E-state index in [1.807, 2.05) is 30.3 Å². The van der Waals surface area contributed by atoms with Crippen LogP contribution in [0.2, 0.25) is 0 Å². The maximum absolute atomic E-state index is 5.82. The van der Waals surface area contributed by atoms with Crippen LogP contribution >= 0.6 is 0 Å². The summed E-state index contributed by atoms with van der Waals surface area (Å²) in [6.45, 7) is 2.10. The highest BCUT2D eigenvalue weighted by Gasteiger charge is 1.97. The first-order valence-electron chi connectivity index (χ1n) is 6.28. The zero-order valence-electron chi connectivity index (χ0n) is 10.6. The molecule has 0 spiro atoms. The van der Waals surface area contributed by atoms with Gasteiger partial charge in [-0.3, -0.25) is 0 Å². The lowest BCUT2D eigenvalue weighted by atomic mass is 10.1. The summed E-state index contributed by atoms with van der Waals surface area (Å²) in [7, 11) is 0. The monoisotopic (exact) mass is 238 g/mol. The Hall–Kier alpha value is -2.09. The van der Waals surface area contributed by atoms with Crippen molar-refractivity contribution in [3.05, 3.63) is 54.6 Å². The predicted octanol–water partition coefficient (Wildman–Crippen LogP) is 4.14. The minimum Gasteiger partial charge on any atom is -0.387 e. The molecule has 2 rings (SSSR count). The first kappa shape index (κ1) is 12.4. The number of nitrogens with two attached hydrogens (primary N) is 1. The van der Waals surface area contributed by atoms with E-state index in [2.05, 4.69) is 36.2 Å². The summed E-state index contributed by atoms with van der Waals surface area (Å²) in [6.07, 6.45) is 1.87. The van der Waals surface area contributed by atoms with Gasteiger partial charge in [0.1, 0.15) is 0 Å². The summed E-state index contributed by atoms with van der Waals surface area (Å²) in [6, 6.07) is 18.5. The lowest BCUT2D eigenvalue weighted by molar-refractivity contribution is 0.983. The number of amidine groups is 1. The fraction of sp³-hybridized carbons (Fsp3) is 0.188. The fourth-order valence-corrected chi connectivity index (χ4v) is 1.84. The highest BCUT2D eigenvalue weighted by molar-refractivity contribution is 5.83. The molecule has 0 aliphatic rings. The lowest BCUT2D eigenvalue weighted by Crippen LogP contribution is -2.09. The van der Waals surface area contributed by atoms with Crippen LogP contribution in [0, 0.1) is 0 Å². The van der Waals surface area contributed by atoms with Crippen LogP contribution in [0.1, 0.15) is 19.8 Å². The van der Waals surface area contributed by atoms with Crippen LogP contribution in [-0.2, 0) is 0 Å². The largest absolute Gasteiger partial charge is 0.387 e. The van der Waals surface area contributed by atoms with Crippen molar-refractivity contribution in [2.24, 2.45) is 10.7 Å². The number of benzene rings is 2. The average molecular weight is 238 g/mol. The molecule has 2 heteroatoms. The Labute approximate surface area is 108 Å². The van der Waals surface area contributed by atoms with Gasteiger partial charge in [0.2, 0.25) is 0 Å². The molecule has 18 heavy (non-hydrogen) atoms. The molecule has 92 valence electrons. The van der Waals surface area contributed by atoms with Crippen molar-refractivity contribution in [3.63, 3.8) is 0 Å². The normalized spacial score (nSPS) is 11.5. The van der Waals surface area contributed by atoms with Gasteiger partial charge in [-0.15, -0.1) is 0 Å². The second-order valence-electron chi connectivity index (χ2n) is 4.27. The van der Waals surface area contributed by atoms with Crippen LogP contribution in [0.15, 0.2) is 59.6 Å². The molecule has 2 nitrogen and oxygen atoms in total. The zero-order chi connectivity index (χ0) is 12.8. The van der Waals surface area contributed by atoms with Crippen LogP contribution in [0.4, 0.5) is 5.69 Å². The molecular weight excluding hydrogens is 220 g/mol. The molecule has 0 saturated carbocycles. The summed E-state index contributed by atoms with van der Waals surface area (Å²) in [5, 5.41) is 0. The third-order valence-corrected chi connectivity index (χ3v) is 2.75. The van der Waals surface area contributed by atoms with E-state index in [0.29, 0.717) is 5.84 Å². The summed E-state index contributed by atoms with van der Waals surface area (Å²) < 4.78 is 0. The van der Waals surface area contributed by atoms with E-state index >= 15 is 0 Å². The molecule has 0 aromatic heterocycles. The van der Waals surface area contributed by atoms with Crippen molar-refractivity contribution in [2.45, 2.75) is 19.8 Å². The van der Waals surface area contributed by atoms with Crippen LogP contribution in [-0.4, -0.2) is 5.84 Å². The van der Waals surface area contributed by atoms with Gasteiger partial charge in [0, 0.05) is 6.42 Å². The molecule has 2 aromatic carbocycles. The lowest BCUT2D eigenvalue weighted by Gasteiger charge is -2.02. The van der Waals surface area contributed by atoms with E-state index in [-0.39, 0.29) is 0 Å². The Kier molecular flexibility index (Phi) is 4.13. The molecule has 2 N–H and O–H groups in total. The van der Waals surface area contributed by atoms with Crippen molar-refractivity contribution in [3.8, 4) is 11.1 Å². The van der Waals surface area contributed by atoms with E-state index in [9.17, 15) is 0 Å². The molecule has 0 aliphatic carbocycles. The van der Waals surface area contributed by atoms with Gasteiger partial charge in [-0.25, -0.2) is 4.99 Å². The minimum absolute atomic E-state index is 0.699. The SMILES string of the molecule is CCCC(N)=Nc1ccc(-c2ccccc2)cc1. The predicted molar refractivity (Wildman–Crippen MR) is 78.1 cm³/mol. The molecule has 0 fully saturated rings. The Balaban J connectivity index is 2.18. The quantitative estimate of drug-likeness (QED) is 0.631. The molecule has 0 saturated heterocycles. The maximum Gasteiger partial charge on any atom is 0.0996 e. The summed E-state index contributed by atoms with van der Waals surface area (Å²) in [5.74, 6) is 0.699. The van der Waals surface area contributed by atoms with Gasteiger partial charge in [0.05, 0.1) is 11.5 Å². The number of nitrogens with zero attached hydrogens (tertiary/aromatic N) is 1. The molecule has 0 atom stereocenters. The number of aliphatic imine (C=N–C) groups is 1. The Bertz CT molecular complexity index is 513. The zero-order valence-corrected chi connectivity index (χ0v) is 10.6. The molecule has 2 aromatic rings. The molecule has 0 aliphatic heterocycles. The summed E-state index contributed by atoms with van der Waals surface area (Å²) in [5.41, 5.74) is 9.15. The number of rotatable bonds is 4. The van der Waals surface area contributed by atoms with Crippen molar-refractivity contribution in [1.29, 1.82) is 0 Å². The van der Waals surface area contributed by atoms with E-state index in [1.165, 1.54) is 11.1 Å². The first-order chi connectivity index (χ1) is 8.79. The van der Waals surface area contributed by atoms with Gasteiger partial charge < -0.3 is 5.73 Å². The van der Waals surface area contributed by atoms with E-state index in [4.69, 9.17) is 5.73 Å². The van der Waals surface area contributed by atoms with Crippen LogP contribution in [0.25, 0.3) is 11.1 Å². The van der Waals surface area contributed by atoms with Gasteiger partial charge in [-0.1, -0.05) is 49.4 Å². The Morgan fingerprint density at radius 3 is 2.17 bits per heavy atom. The van der Waals surface area contributed by atoms with Gasteiger partial charge in [-0.2, -0.15) is 0 Å². The van der Waals surface area contributed by atoms with E-state index in [0.717, 1.165) is 18.5 Å². The standard InChI is InChI=1S/C16H18N2/c1-2-6-16(17)18-15-11-9-14(10-12-15)13-7-4-3-5-8-13/h3-5,7-12H,2,6H2,1H3,(H2,17,18). The topological polar surface area (TPSA) is 38.4 Å². The highest BCUT2D eigenvalue weighted by atomic mass is 14.8. The average Bonchev–Trinajstić information content (AvgIpc) is 2.41. The minimum atomic E-state index is 0.699. The second kappa shape index (κ2) is 6.01. The van der Waals surface area contributed by atoms with Crippen LogP contribution < -0.4 is 5.73 Å². The number of hydrogen-bond acceptors (Lipinski definition) is 1. The first-order valence-corrected chi connectivity index (χ1v) is 6.28. The van der Waals surface area contributed by atoms with Crippen molar-refractivity contribution in [1.82, 2.24) is 0 Å². The molecule has 0 bridgehead atoms. The van der Waals surface area contributed by atoms with Gasteiger partial charge in [0.25, 0.3) is 0 Å². The molecular formula is C16H18N2. The number of hydrogen-bond donors (Lipinski definition) is 1. The van der Waals surface area contributed by atoms with Crippen molar-refractivity contribution in [2.75, 3.05) is 0 Å². The summed E-state index contributed by atoms with van der Waals surface area (Å²) >= 11 is 0. The van der Waals surface area contributed by atoms with E-state index in [1.54, 1.807) is 0 Å². The molecule has 0 amide bonds. The molecule has 0 radical (unpaired) electrons. The third kappa shape index (κ3) is 3.20. The summed E-state index contributed by atoms with van der Waals surface area (Å²) in [4.78, 5) is 4.38. The van der Waals surface area contributed by atoms with Crippen LogP contribution in [0.5, 0.6) is 0 Å². The van der Waals surface area contributed by atoms with Gasteiger partial charge >= 0.3 is 0 Å². The van der Waals surface area contributed by atoms with E-state index < -0.39 is 0 Å². The fourth-order valence-electron chi connectivity index (χ4n) is 1.84. The molecule has 0 heterocycles. The van der Waals surface area contributed by atoms with Gasteiger partial charge in [0.15, 0.2) is 0 Å². The highest BCUT2D eigenvalue weighted by Crippen LogP contribution is 2.22. The van der Waals surface area contributed by atoms with Crippen molar-refractivity contribution < 1.29 is 0 Å². The Morgan fingerprint density at radius 1 is 0.944 bits per heavy atom. The van der Waals surface area contributed by atoms with Gasteiger partial charge in [-0.05, 0) is 29.7 Å². The Morgan fingerprint density at radius 2 is 1.56 bits per heavy atom. The second-order valence-corrected chi connectivity index (χ2v) is 4.27. The van der Waals surface area contributed by atoms with Crippen LogP contribution in [0.3, 0.4) is 0 Å². The molecule has 0 unspecified atom stereocenters. The maximum atomic E-state index is 5.82. The third-order valence-electron chi connectivity index (χ3n) is 2.75. The van der Waals surface area contributed by atoms with Crippen molar-refractivity contribution >= 4 is 11.5 Å². The smallest absolute Gasteiger partial charge is 0.0996 e.